The first-order chi connectivity index (χ1) is 10.6. The van der Waals surface area contributed by atoms with Crippen LogP contribution in [0.1, 0.15) is 21.6 Å². The van der Waals surface area contributed by atoms with Crippen LogP contribution >= 0.6 is 11.8 Å². The van der Waals surface area contributed by atoms with Gasteiger partial charge in [-0.05, 0) is 18.6 Å². The summed E-state index contributed by atoms with van der Waals surface area (Å²) < 4.78 is 1.15. The van der Waals surface area contributed by atoms with E-state index in [1.165, 1.54) is 30.3 Å². The molecule has 1 amide bonds. The molecule has 0 bridgehead atoms. The van der Waals surface area contributed by atoms with Crippen LogP contribution in [0, 0.1) is 6.92 Å². The Morgan fingerprint density at radius 3 is 2.64 bits per heavy atom. The number of carbonyl (C=O) groups is 1. The van der Waals surface area contributed by atoms with E-state index in [0.29, 0.717) is 6.54 Å². The molecule has 2 aromatic rings. The summed E-state index contributed by atoms with van der Waals surface area (Å²) in [6.45, 7) is 2.64. The largest absolute Gasteiger partial charge is 0.350 e. The molecule has 0 saturated carbocycles. The van der Waals surface area contributed by atoms with Gasteiger partial charge >= 0.3 is 0 Å². The molecule has 6 heteroatoms. The van der Waals surface area contributed by atoms with E-state index < -0.39 is 0 Å². The van der Waals surface area contributed by atoms with Gasteiger partial charge in [-0.1, -0.05) is 29.8 Å². The van der Waals surface area contributed by atoms with Crippen LogP contribution in [0.2, 0.25) is 0 Å². The Balaban J connectivity index is 1.72. The SMILES string of the molecule is Cc1ccc(CSCCNC(=O)c2ccc(=O)n(C)n2)cc1. The molecule has 5 nitrogen and oxygen atoms in total. The quantitative estimate of drug-likeness (QED) is 0.825. The minimum atomic E-state index is -0.258. The third-order valence-corrected chi connectivity index (χ3v) is 4.14. The van der Waals surface area contributed by atoms with E-state index >= 15 is 0 Å². The van der Waals surface area contributed by atoms with Gasteiger partial charge in [0.15, 0.2) is 0 Å². The summed E-state index contributed by atoms with van der Waals surface area (Å²) in [5.41, 5.74) is 2.56. The molecule has 0 aliphatic heterocycles. The normalized spacial score (nSPS) is 10.5. The molecule has 116 valence electrons. The minimum absolute atomic E-state index is 0.231. The number of benzene rings is 1. The summed E-state index contributed by atoms with van der Waals surface area (Å²) in [5.74, 6) is 1.49. The second-order valence-electron chi connectivity index (χ2n) is 4.97. The van der Waals surface area contributed by atoms with E-state index in [-0.39, 0.29) is 17.2 Å². The lowest BCUT2D eigenvalue weighted by Crippen LogP contribution is -2.29. The third-order valence-electron chi connectivity index (χ3n) is 3.11. The van der Waals surface area contributed by atoms with Gasteiger partial charge in [0.1, 0.15) is 5.69 Å². The molecule has 2 rings (SSSR count). The summed E-state index contributed by atoms with van der Waals surface area (Å²) >= 11 is 1.76. The predicted molar refractivity (Wildman–Crippen MR) is 89.2 cm³/mol. The average molecular weight is 317 g/mol. The summed E-state index contributed by atoms with van der Waals surface area (Å²) in [7, 11) is 1.52. The van der Waals surface area contributed by atoms with Crippen molar-refractivity contribution in [3.63, 3.8) is 0 Å². The van der Waals surface area contributed by atoms with Crippen molar-refractivity contribution in [2.45, 2.75) is 12.7 Å². The Bertz CT molecular complexity index is 695. The van der Waals surface area contributed by atoms with Crippen LogP contribution in [0.5, 0.6) is 0 Å². The monoisotopic (exact) mass is 317 g/mol. The fourth-order valence-electron chi connectivity index (χ4n) is 1.83. The van der Waals surface area contributed by atoms with E-state index in [9.17, 15) is 9.59 Å². The van der Waals surface area contributed by atoms with Crippen LogP contribution in [-0.4, -0.2) is 28.0 Å². The third kappa shape index (κ3) is 4.73. The molecule has 0 saturated heterocycles. The van der Waals surface area contributed by atoms with Crippen LogP contribution in [0.25, 0.3) is 0 Å². The van der Waals surface area contributed by atoms with Crippen molar-refractivity contribution in [3.8, 4) is 0 Å². The van der Waals surface area contributed by atoms with Crippen LogP contribution in [0.15, 0.2) is 41.2 Å². The van der Waals surface area contributed by atoms with Crippen molar-refractivity contribution in [2.24, 2.45) is 7.05 Å². The number of carbonyl (C=O) groups excluding carboxylic acids is 1. The van der Waals surface area contributed by atoms with Crippen molar-refractivity contribution in [1.82, 2.24) is 15.1 Å². The molecular formula is C16H19N3O2S. The van der Waals surface area contributed by atoms with Gasteiger partial charge in [-0.3, -0.25) is 9.59 Å². The first kappa shape index (κ1) is 16.3. The zero-order valence-electron chi connectivity index (χ0n) is 12.7. The molecule has 1 aromatic carbocycles. The number of rotatable bonds is 6. The second-order valence-corrected chi connectivity index (χ2v) is 6.08. The van der Waals surface area contributed by atoms with Gasteiger partial charge in [-0.2, -0.15) is 16.9 Å². The summed E-state index contributed by atoms with van der Waals surface area (Å²) in [5, 5.41) is 6.72. The van der Waals surface area contributed by atoms with Crippen molar-refractivity contribution in [3.05, 3.63) is 63.6 Å². The van der Waals surface area contributed by atoms with E-state index in [1.807, 2.05) is 0 Å². The van der Waals surface area contributed by atoms with Crippen molar-refractivity contribution in [2.75, 3.05) is 12.3 Å². The molecule has 1 heterocycles. The Morgan fingerprint density at radius 1 is 1.23 bits per heavy atom. The lowest BCUT2D eigenvalue weighted by atomic mass is 10.2. The number of hydrogen-bond donors (Lipinski definition) is 1. The van der Waals surface area contributed by atoms with Crippen LogP contribution in [0.3, 0.4) is 0 Å². The maximum atomic E-state index is 11.9. The zero-order valence-corrected chi connectivity index (χ0v) is 13.5. The van der Waals surface area contributed by atoms with Gasteiger partial charge in [0.25, 0.3) is 11.5 Å². The van der Waals surface area contributed by atoms with Crippen molar-refractivity contribution < 1.29 is 4.79 Å². The predicted octanol–water partition coefficient (Wildman–Crippen LogP) is 1.75. The maximum Gasteiger partial charge on any atom is 0.271 e. The maximum absolute atomic E-state index is 11.9. The van der Waals surface area contributed by atoms with Crippen molar-refractivity contribution in [1.29, 1.82) is 0 Å². The van der Waals surface area contributed by atoms with Gasteiger partial charge in [0.05, 0.1) is 0 Å². The van der Waals surface area contributed by atoms with Gasteiger partial charge in [-0.15, -0.1) is 0 Å². The molecular weight excluding hydrogens is 298 g/mol. The molecule has 0 atom stereocenters. The Labute approximate surface area is 133 Å². The number of thioether (sulfide) groups is 1. The summed E-state index contributed by atoms with van der Waals surface area (Å²) in [4.78, 5) is 23.1. The van der Waals surface area contributed by atoms with Gasteiger partial charge in [-0.25, -0.2) is 4.68 Å². The fraction of sp³-hybridized carbons (Fsp3) is 0.312. The number of aryl methyl sites for hydroxylation is 2. The highest BCUT2D eigenvalue weighted by Gasteiger charge is 2.07. The molecule has 1 aromatic heterocycles. The molecule has 0 aliphatic carbocycles. The molecule has 22 heavy (non-hydrogen) atoms. The number of hydrogen-bond acceptors (Lipinski definition) is 4. The lowest BCUT2D eigenvalue weighted by molar-refractivity contribution is 0.0949. The minimum Gasteiger partial charge on any atom is -0.350 e. The smallest absolute Gasteiger partial charge is 0.271 e. The highest BCUT2D eigenvalue weighted by molar-refractivity contribution is 7.98. The van der Waals surface area contributed by atoms with Crippen molar-refractivity contribution >= 4 is 17.7 Å². The Morgan fingerprint density at radius 2 is 1.95 bits per heavy atom. The summed E-state index contributed by atoms with van der Waals surface area (Å²) in [6.07, 6.45) is 0. The molecule has 0 fully saturated rings. The topological polar surface area (TPSA) is 64.0 Å². The van der Waals surface area contributed by atoms with E-state index in [1.54, 1.807) is 11.8 Å². The Hall–Kier alpha value is -2.08. The number of nitrogens with zero attached hydrogens (tertiary/aromatic N) is 2. The highest BCUT2D eigenvalue weighted by Crippen LogP contribution is 2.12. The zero-order chi connectivity index (χ0) is 15.9. The lowest BCUT2D eigenvalue weighted by Gasteiger charge is -2.06. The molecule has 1 N–H and O–H groups in total. The molecule has 0 spiro atoms. The number of amides is 1. The Kier molecular flexibility index (Phi) is 5.77. The standard InChI is InChI=1S/C16H19N3O2S/c1-12-3-5-13(6-4-12)11-22-10-9-17-16(21)14-7-8-15(20)19(2)18-14/h3-8H,9-11H2,1-2H3,(H,17,21). The number of nitrogens with one attached hydrogen (secondary N) is 1. The van der Waals surface area contributed by atoms with E-state index in [0.717, 1.165) is 16.2 Å². The first-order valence-electron chi connectivity index (χ1n) is 7.02. The molecule has 0 radical (unpaired) electrons. The van der Waals surface area contributed by atoms with Gasteiger partial charge in [0, 0.05) is 31.2 Å². The highest BCUT2D eigenvalue weighted by atomic mass is 32.2. The second kappa shape index (κ2) is 7.79. The number of aromatic nitrogens is 2. The molecule has 0 aliphatic rings. The van der Waals surface area contributed by atoms with E-state index in [4.69, 9.17) is 0 Å². The average Bonchev–Trinajstić information content (AvgIpc) is 2.51. The van der Waals surface area contributed by atoms with Crippen LogP contribution in [0.4, 0.5) is 0 Å². The molecule has 0 unspecified atom stereocenters. The summed E-state index contributed by atoms with van der Waals surface area (Å²) in [6, 6.07) is 11.2. The van der Waals surface area contributed by atoms with Crippen LogP contribution in [-0.2, 0) is 12.8 Å². The fourth-order valence-corrected chi connectivity index (χ4v) is 2.64. The van der Waals surface area contributed by atoms with E-state index in [2.05, 4.69) is 41.6 Å². The first-order valence-corrected chi connectivity index (χ1v) is 8.17. The van der Waals surface area contributed by atoms with Gasteiger partial charge < -0.3 is 5.32 Å². The van der Waals surface area contributed by atoms with Gasteiger partial charge in [0.2, 0.25) is 0 Å². The van der Waals surface area contributed by atoms with Crippen LogP contribution < -0.4 is 10.9 Å².